The van der Waals surface area contributed by atoms with E-state index in [0.29, 0.717) is 10.8 Å². The minimum absolute atomic E-state index is 0.114. The van der Waals surface area contributed by atoms with Gasteiger partial charge in [-0.2, -0.15) is 0 Å². The number of carbonyl (C=O) groups excluding carboxylic acids is 1. The SMILES string of the molecule is C/C=C1/CCC2C3CC=C4C[C@@H](OC(C)=O)CC[C@]4(C)C3CC[C@]12C. The molecule has 0 radical (unpaired) electrons. The summed E-state index contributed by atoms with van der Waals surface area (Å²) in [5.41, 5.74) is 4.14. The van der Waals surface area contributed by atoms with E-state index in [1.807, 2.05) is 0 Å². The van der Waals surface area contributed by atoms with Crippen molar-refractivity contribution >= 4 is 5.97 Å². The molecule has 3 fully saturated rings. The van der Waals surface area contributed by atoms with Crippen molar-refractivity contribution in [1.82, 2.24) is 0 Å². The Labute approximate surface area is 153 Å². The van der Waals surface area contributed by atoms with Crippen LogP contribution in [0.3, 0.4) is 0 Å². The molecule has 0 aromatic rings. The van der Waals surface area contributed by atoms with Gasteiger partial charge in [-0.3, -0.25) is 4.79 Å². The average Bonchev–Trinajstić information content (AvgIpc) is 2.91. The Morgan fingerprint density at radius 3 is 2.60 bits per heavy atom. The molecular weight excluding hydrogens is 308 g/mol. The molecule has 0 spiro atoms. The lowest BCUT2D eigenvalue weighted by molar-refractivity contribution is -0.148. The molecule has 25 heavy (non-hydrogen) atoms. The van der Waals surface area contributed by atoms with E-state index in [0.717, 1.165) is 30.6 Å². The number of allylic oxidation sites excluding steroid dienone is 3. The fourth-order valence-corrected chi connectivity index (χ4v) is 7.28. The Balaban J connectivity index is 1.60. The molecule has 0 heterocycles. The summed E-state index contributed by atoms with van der Waals surface area (Å²) in [6.45, 7) is 8.86. The first-order chi connectivity index (χ1) is 11.9. The number of carbonyl (C=O) groups is 1. The molecule has 0 aliphatic heterocycles. The summed E-state index contributed by atoms with van der Waals surface area (Å²) in [7, 11) is 0. The molecule has 0 amide bonds. The average molecular weight is 343 g/mol. The van der Waals surface area contributed by atoms with Crippen molar-refractivity contribution < 1.29 is 9.53 Å². The van der Waals surface area contributed by atoms with Crippen LogP contribution in [0.4, 0.5) is 0 Å². The molecule has 4 aliphatic carbocycles. The summed E-state index contributed by atoms with van der Waals surface area (Å²) in [6.07, 6.45) is 15.0. The third-order valence-corrected chi connectivity index (χ3v) is 8.59. The molecule has 0 aromatic carbocycles. The van der Waals surface area contributed by atoms with Crippen LogP contribution in [0, 0.1) is 28.6 Å². The van der Waals surface area contributed by atoms with E-state index >= 15 is 0 Å². The zero-order valence-corrected chi connectivity index (χ0v) is 16.4. The highest BCUT2D eigenvalue weighted by molar-refractivity contribution is 5.66. The number of fused-ring (bicyclic) bond motifs is 5. The van der Waals surface area contributed by atoms with E-state index in [9.17, 15) is 4.79 Å². The van der Waals surface area contributed by atoms with Gasteiger partial charge in [0.05, 0.1) is 0 Å². The molecular formula is C23H34O2. The fourth-order valence-electron chi connectivity index (χ4n) is 7.28. The second kappa shape index (κ2) is 5.99. The van der Waals surface area contributed by atoms with Crippen molar-refractivity contribution in [2.24, 2.45) is 28.6 Å². The van der Waals surface area contributed by atoms with E-state index in [2.05, 4.69) is 32.9 Å². The standard InChI is InChI=1S/C23H34O2/c1-5-16-7-9-20-19-8-6-17-14-18(25-15(2)24)10-12-23(17,4)21(19)11-13-22(16,20)3/h5-6,18-21H,7-14H2,1-4H3/b16-5-/t18-,19?,20?,21?,22+,23-/m0/s1. The Hall–Kier alpha value is -1.05. The smallest absolute Gasteiger partial charge is 0.302 e. The summed E-state index contributed by atoms with van der Waals surface area (Å²) in [6, 6.07) is 0. The molecule has 0 bridgehead atoms. The molecule has 4 aliphatic rings. The summed E-state index contributed by atoms with van der Waals surface area (Å²) in [5.74, 6) is 2.44. The Bertz CT molecular complexity index is 630. The van der Waals surface area contributed by atoms with E-state index in [1.165, 1.54) is 38.5 Å². The highest BCUT2D eigenvalue weighted by Gasteiger charge is 2.57. The van der Waals surface area contributed by atoms with Crippen LogP contribution in [0.15, 0.2) is 23.3 Å². The third kappa shape index (κ3) is 2.54. The summed E-state index contributed by atoms with van der Waals surface area (Å²) in [4.78, 5) is 11.4. The molecule has 2 heteroatoms. The van der Waals surface area contributed by atoms with Gasteiger partial charge < -0.3 is 4.74 Å². The molecule has 0 saturated heterocycles. The molecule has 3 unspecified atom stereocenters. The maximum Gasteiger partial charge on any atom is 0.302 e. The lowest BCUT2D eigenvalue weighted by Crippen LogP contribution is -2.49. The molecule has 2 nitrogen and oxygen atoms in total. The molecule has 0 N–H and O–H groups in total. The van der Waals surface area contributed by atoms with Crippen LogP contribution in [0.1, 0.15) is 79.1 Å². The number of ether oxygens (including phenoxy) is 1. The Morgan fingerprint density at radius 1 is 1.16 bits per heavy atom. The first kappa shape index (κ1) is 17.4. The molecule has 3 saturated carbocycles. The predicted molar refractivity (Wildman–Crippen MR) is 101 cm³/mol. The minimum Gasteiger partial charge on any atom is -0.462 e. The highest BCUT2D eigenvalue weighted by Crippen LogP contribution is 2.66. The van der Waals surface area contributed by atoms with Crippen LogP contribution in [-0.4, -0.2) is 12.1 Å². The summed E-state index contributed by atoms with van der Waals surface area (Å²) >= 11 is 0. The van der Waals surface area contributed by atoms with E-state index < -0.39 is 0 Å². The monoisotopic (exact) mass is 342 g/mol. The van der Waals surface area contributed by atoms with Crippen LogP contribution >= 0.6 is 0 Å². The van der Waals surface area contributed by atoms with Gasteiger partial charge in [0.25, 0.3) is 0 Å². The van der Waals surface area contributed by atoms with Crippen molar-refractivity contribution in [3.05, 3.63) is 23.3 Å². The van der Waals surface area contributed by atoms with Gasteiger partial charge in [0.15, 0.2) is 0 Å². The predicted octanol–water partition coefficient (Wildman–Crippen LogP) is 5.83. The first-order valence-electron chi connectivity index (χ1n) is 10.4. The third-order valence-electron chi connectivity index (χ3n) is 8.59. The summed E-state index contributed by atoms with van der Waals surface area (Å²) < 4.78 is 5.55. The second-order valence-corrected chi connectivity index (χ2v) is 9.54. The molecule has 138 valence electrons. The van der Waals surface area contributed by atoms with Crippen molar-refractivity contribution in [3.8, 4) is 0 Å². The van der Waals surface area contributed by atoms with Crippen molar-refractivity contribution in [2.45, 2.75) is 85.2 Å². The summed E-state index contributed by atoms with van der Waals surface area (Å²) in [5, 5.41) is 0. The Kier molecular flexibility index (Phi) is 4.16. The van der Waals surface area contributed by atoms with E-state index in [1.54, 1.807) is 18.1 Å². The number of hydrogen-bond acceptors (Lipinski definition) is 2. The van der Waals surface area contributed by atoms with Gasteiger partial charge in [-0.25, -0.2) is 0 Å². The highest BCUT2D eigenvalue weighted by atomic mass is 16.5. The van der Waals surface area contributed by atoms with E-state index in [4.69, 9.17) is 4.74 Å². The number of esters is 1. The molecule has 6 atom stereocenters. The normalized spacial score (nSPS) is 47.5. The van der Waals surface area contributed by atoms with E-state index in [-0.39, 0.29) is 12.1 Å². The minimum atomic E-state index is -0.124. The second-order valence-electron chi connectivity index (χ2n) is 9.54. The van der Waals surface area contributed by atoms with Gasteiger partial charge in [-0.05, 0) is 80.5 Å². The van der Waals surface area contributed by atoms with Crippen molar-refractivity contribution in [1.29, 1.82) is 0 Å². The maximum absolute atomic E-state index is 11.4. The zero-order chi connectivity index (χ0) is 17.8. The van der Waals surface area contributed by atoms with Crippen LogP contribution in [-0.2, 0) is 9.53 Å². The number of hydrogen-bond donors (Lipinski definition) is 0. The quantitative estimate of drug-likeness (QED) is 0.443. The maximum atomic E-state index is 11.4. The van der Waals surface area contributed by atoms with Gasteiger partial charge in [0.1, 0.15) is 6.10 Å². The zero-order valence-electron chi connectivity index (χ0n) is 16.4. The van der Waals surface area contributed by atoms with Crippen molar-refractivity contribution in [2.75, 3.05) is 0 Å². The van der Waals surface area contributed by atoms with Gasteiger partial charge in [-0.15, -0.1) is 0 Å². The van der Waals surface area contributed by atoms with Crippen LogP contribution in [0.2, 0.25) is 0 Å². The molecule has 0 aromatic heterocycles. The Morgan fingerprint density at radius 2 is 1.88 bits per heavy atom. The van der Waals surface area contributed by atoms with Crippen LogP contribution < -0.4 is 0 Å². The largest absolute Gasteiger partial charge is 0.462 e. The fraction of sp³-hybridized carbons (Fsp3) is 0.783. The first-order valence-corrected chi connectivity index (χ1v) is 10.4. The number of rotatable bonds is 1. The van der Waals surface area contributed by atoms with Gasteiger partial charge in [0.2, 0.25) is 0 Å². The van der Waals surface area contributed by atoms with Crippen molar-refractivity contribution in [3.63, 3.8) is 0 Å². The lowest BCUT2D eigenvalue weighted by atomic mass is 9.48. The topological polar surface area (TPSA) is 26.3 Å². The van der Waals surface area contributed by atoms with Crippen LogP contribution in [0.5, 0.6) is 0 Å². The lowest BCUT2D eigenvalue weighted by Gasteiger charge is -2.57. The molecule has 4 rings (SSSR count). The van der Waals surface area contributed by atoms with Gasteiger partial charge in [0, 0.05) is 13.3 Å². The van der Waals surface area contributed by atoms with Gasteiger partial charge in [-0.1, -0.05) is 37.1 Å². The van der Waals surface area contributed by atoms with Gasteiger partial charge >= 0.3 is 5.97 Å². The van der Waals surface area contributed by atoms with Crippen LogP contribution in [0.25, 0.3) is 0 Å².